The molecule has 6 rings (SSSR count). The van der Waals surface area contributed by atoms with Crippen LogP contribution in [0.25, 0.3) is 11.3 Å². The Morgan fingerprint density at radius 1 is 1.21 bits per heavy atom. The molecule has 1 aromatic heterocycles. The molecule has 8 heteroatoms. The second-order valence-corrected chi connectivity index (χ2v) is 9.12. The Bertz CT molecular complexity index is 923. The van der Waals surface area contributed by atoms with Gasteiger partial charge < -0.3 is 19.1 Å². The van der Waals surface area contributed by atoms with Gasteiger partial charge in [-0.1, -0.05) is 34.4 Å². The van der Waals surface area contributed by atoms with Crippen molar-refractivity contribution in [2.75, 3.05) is 6.61 Å². The van der Waals surface area contributed by atoms with Gasteiger partial charge in [0, 0.05) is 17.0 Å². The lowest BCUT2D eigenvalue weighted by Gasteiger charge is -2.50. The number of ether oxygens (including phenoxy) is 2. The van der Waals surface area contributed by atoms with E-state index in [1.54, 1.807) is 18.2 Å². The van der Waals surface area contributed by atoms with Crippen molar-refractivity contribution in [3.63, 3.8) is 0 Å². The summed E-state index contributed by atoms with van der Waals surface area (Å²) in [6.45, 7) is 0.584. The van der Waals surface area contributed by atoms with Gasteiger partial charge >= 0.3 is 5.97 Å². The van der Waals surface area contributed by atoms with Crippen LogP contribution in [-0.4, -0.2) is 34.0 Å². The van der Waals surface area contributed by atoms with Crippen LogP contribution in [0.3, 0.4) is 0 Å². The number of carbonyl (C=O) groups is 1. The summed E-state index contributed by atoms with van der Waals surface area (Å²) in [4.78, 5) is 11.6. The lowest BCUT2D eigenvalue weighted by molar-refractivity contribution is -0.242. The second kappa shape index (κ2) is 6.98. The van der Waals surface area contributed by atoms with Gasteiger partial charge in [0.05, 0.1) is 28.9 Å². The van der Waals surface area contributed by atoms with Crippen LogP contribution in [0.15, 0.2) is 22.7 Å². The molecule has 154 valence electrons. The van der Waals surface area contributed by atoms with Gasteiger partial charge in [0.25, 0.3) is 0 Å². The fourth-order valence-corrected chi connectivity index (χ4v) is 4.98. The van der Waals surface area contributed by atoms with Crippen LogP contribution >= 0.6 is 23.2 Å². The van der Waals surface area contributed by atoms with Crippen molar-refractivity contribution in [3.05, 3.63) is 39.6 Å². The van der Waals surface area contributed by atoms with E-state index < -0.39 is 17.2 Å². The predicted octanol–water partition coefficient (Wildman–Crippen LogP) is 5.21. The van der Waals surface area contributed by atoms with Crippen molar-refractivity contribution in [3.8, 4) is 11.3 Å². The van der Waals surface area contributed by atoms with Crippen LogP contribution in [0.5, 0.6) is 0 Å². The van der Waals surface area contributed by atoms with Crippen LogP contribution < -0.4 is 0 Å². The Hall–Kier alpha value is -1.60. The van der Waals surface area contributed by atoms with E-state index in [9.17, 15) is 9.90 Å². The highest BCUT2D eigenvalue weighted by atomic mass is 35.5. The van der Waals surface area contributed by atoms with Gasteiger partial charge in [0.2, 0.25) is 0 Å². The molecule has 0 amide bonds. The summed E-state index contributed by atoms with van der Waals surface area (Å²) in [6, 6.07) is 5.35. The first-order valence-electron chi connectivity index (χ1n) is 9.87. The molecule has 2 bridgehead atoms. The Morgan fingerprint density at radius 2 is 1.90 bits per heavy atom. The molecule has 0 atom stereocenters. The number of hydrogen-bond donors (Lipinski definition) is 1. The minimum absolute atomic E-state index is 0.283. The monoisotopic (exact) mass is 437 g/mol. The largest absolute Gasteiger partial charge is 0.479 e. The molecule has 4 fully saturated rings. The van der Waals surface area contributed by atoms with Crippen LogP contribution in [0.2, 0.25) is 10.0 Å². The van der Waals surface area contributed by atoms with Crippen molar-refractivity contribution < 1.29 is 23.9 Å². The quantitative estimate of drug-likeness (QED) is 0.667. The lowest BCUT2D eigenvalue weighted by atomic mass is 9.73. The SMILES string of the molecule is O=C(O)C12CCC(OCc3c(-c4c(Cl)cccc4Cl)noc3C3CC3)(CC1)CO2. The molecule has 2 aliphatic heterocycles. The number of halogens is 2. The van der Waals surface area contributed by atoms with Gasteiger partial charge in [-0.05, 0) is 50.7 Å². The second-order valence-electron chi connectivity index (χ2n) is 8.30. The summed E-state index contributed by atoms with van der Waals surface area (Å²) >= 11 is 12.8. The van der Waals surface area contributed by atoms with Crippen molar-refractivity contribution in [2.45, 2.75) is 62.3 Å². The summed E-state index contributed by atoms with van der Waals surface area (Å²) in [5.74, 6) is 0.304. The highest BCUT2D eigenvalue weighted by Gasteiger charge is 2.55. The molecule has 29 heavy (non-hydrogen) atoms. The van der Waals surface area contributed by atoms with Gasteiger partial charge in [-0.3, -0.25) is 0 Å². The number of aliphatic carboxylic acids is 1. The van der Waals surface area contributed by atoms with E-state index in [0.717, 1.165) is 24.2 Å². The fourth-order valence-electron chi connectivity index (χ4n) is 4.40. The minimum Gasteiger partial charge on any atom is -0.479 e. The zero-order chi connectivity index (χ0) is 20.2. The average molecular weight is 438 g/mol. The summed E-state index contributed by atoms with van der Waals surface area (Å²) in [7, 11) is 0. The molecule has 0 radical (unpaired) electrons. The molecular weight excluding hydrogens is 417 g/mol. The summed E-state index contributed by atoms with van der Waals surface area (Å²) in [5.41, 5.74) is 0.619. The average Bonchev–Trinajstić information content (AvgIpc) is 3.48. The zero-order valence-corrected chi connectivity index (χ0v) is 17.3. The number of rotatable bonds is 6. The predicted molar refractivity (Wildman–Crippen MR) is 106 cm³/mol. The summed E-state index contributed by atoms with van der Waals surface area (Å²) in [5, 5.41) is 14.8. The molecule has 4 aliphatic rings. The van der Waals surface area contributed by atoms with Crippen LogP contribution in [0.1, 0.15) is 55.8 Å². The third kappa shape index (κ3) is 3.26. The third-order valence-electron chi connectivity index (χ3n) is 6.46. The van der Waals surface area contributed by atoms with Gasteiger partial charge in [0.15, 0.2) is 5.60 Å². The molecule has 2 saturated heterocycles. The number of nitrogens with zero attached hydrogens (tertiary/aromatic N) is 1. The summed E-state index contributed by atoms with van der Waals surface area (Å²) in [6.07, 6.45) is 4.37. The van der Waals surface area contributed by atoms with E-state index in [1.807, 2.05) is 0 Å². The summed E-state index contributed by atoms with van der Waals surface area (Å²) < 4.78 is 17.8. The Labute approximate surface area is 178 Å². The highest BCUT2D eigenvalue weighted by molar-refractivity contribution is 6.39. The molecule has 2 aliphatic carbocycles. The molecule has 2 saturated carbocycles. The number of carboxylic acid groups (broad SMARTS) is 1. The third-order valence-corrected chi connectivity index (χ3v) is 7.09. The maximum Gasteiger partial charge on any atom is 0.335 e. The maximum atomic E-state index is 11.6. The lowest BCUT2D eigenvalue weighted by Crippen LogP contribution is -2.59. The Balaban J connectivity index is 1.42. The Kier molecular flexibility index (Phi) is 4.66. The van der Waals surface area contributed by atoms with Crippen LogP contribution in [-0.2, 0) is 20.9 Å². The highest BCUT2D eigenvalue weighted by Crippen LogP contribution is 2.49. The first kappa shape index (κ1) is 19.4. The van der Waals surface area contributed by atoms with Crippen molar-refractivity contribution in [2.24, 2.45) is 0 Å². The van der Waals surface area contributed by atoms with Crippen molar-refractivity contribution in [1.82, 2.24) is 5.16 Å². The van der Waals surface area contributed by atoms with E-state index in [0.29, 0.717) is 59.5 Å². The van der Waals surface area contributed by atoms with Gasteiger partial charge in [-0.25, -0.2) is 4.79 Å². The van der Waals surface area contributed by atoms with Crippen LogP contribution in [0, 0.1) is 0 Å². The number of benzene rings is 1. The number of carboxylic acids is 1. The number of hydrogen-bond acceptors (Lipinski definition) is 5. The molecule has 6 nitrogen and oxygen atoms in total. The minimum atomic E-state index is -1.04. The van der Waals surface area contributed by atoms with E-state index in [4.69, 9.17) is 37.2 Å². The molecular formula is C21H21Cl2NO5. The topological polar surface area (TPSA) is 81.8 Å². The standard InChI is InChI=1S/C21H21Cl2NO5/c22-14-2-1-3-15(23)16(14)17-13(18(29-24-17)12-4-5-12)10-27-20-6-8-21(9-7-20,19(25)26)28-11-20/h1-3,12H,4-11H2,(H,25,26). The Morgan fingerprint density at radius 3 is 2.45 bits per heavy atom. The molecule has 1 N–H and O–H groups in total. The van der Waals surface area contributed by atoms with Crippen molar-refractivity contribution >= 4 is 29.2 Å². The van der Waals surface area contributed by atoms with Gasteiger partial charge in [-0.15, -0.1) is 0 Å². The molecule has 0 spiro atoms. The first-order valence-corrected chi connectivity index (χ1v) is 10.6. The van der Waals surface area contributed by atoms with E-state index in [2.05, 4.69) is 5.16 Å². The van der Waals surface area contributed by atoms with E-state index >= 15 is 0 Å². The van der Waals surface area contributed by atoms with E-state index in [-0.39, 0.29) is 6.61 Å². The normalized spacial score (nSPS) is 28.6. The smallest absolute Gasteiger partial charge is 0.335 e. The molecule has 2 aromatic rings. The van der Waals surface area contributed by atoms with Crippen molar-refractivity contribution in [1.29, 1.82) is 0 Å². The van der Waals surface area contributed by atoms with Gasteiger partial charge in [0.1, 0.15) is 11.5 Å². The zero-order valence-electron chi connectivity index (χ0n) is 15.7. The van der Waals surface area contributed by atoms with Gasteiger partial charge in [-0.2, -0.15) is 0 Å². The van der Waals surface area contributed by atoms with Crippen LogP contribution in [0.4, 0.5) is 0 Å². The molecule has 3 heterocycles. The number of aromatic nitrogens is 1. The first-order chi connectivity index (χ1) is 13.9. The van der Waals surface area contributed by atoms with E-state index in [1.165, 1.54) is 0 Å². The maximum absolute atomic E-state index is 11.6. The molecule has 0 unspecified atom stereocenters. The fraction of sp³-hybridized carbons (Fsp3) is 0.524. The molecule has 1 aromatic carbocycles. The number of fused-ring (bicyclic) bond motifs is 3.